The third kappa shape index (κ3) is 4.31. The minimum Gasteiger partial charge on any atom is -0.340 e. The highest BCUT2D eigenvalue weighted by Crippen LogP contribution is 2.27. The molecular weight excluding hydrogens is 385 g/mol. The first kappa shape index (κ1) is 19.4. The van der Waals surface area contributed by atoms with Gasteiger partial charge in [0.25, 0.3) is 5.91 Å². The standard InChI is InChI=1S/C20H19Cl2N3O2/c1-11(2)17(23-19(26)14-6-4-5-7-15(14)21)20-24-18(25-27-20)13-9-8-12(3)16(22)10-13/h4-11,17H,1-3H3,(H,23,26)/t17-/m0/s1. The lowest BCUT2D eigenvalue weighted by Gasteiger charge is -2.18. The number of carbonyl (C=O) groups is 1. The van der Waals surface area contributed by atoms with Crippen LogP contribution in [-0.4, -0.2) is 16.0 Å². The smallest absolute Gasteiger partial charge is 0.253 e. The Labute approximate surface area is 167 Å². The van der Waals surface area contributed by atoms with Crippen molar-refractivity contribution in [3.63, 3.8) is 0 Å². The second kappa shape index (κ2) is 8.11. The van der Waals surface area contributed by atoms with E-state index >= 15 is 0 Å². The number of rotatable bonds is 5. The van der Waals surface area contributed by atoms with Crippen LogP contribution in [0.3, 0.4) is 0 Å². The number of nitrogens with zero attached hydrogens (tertiary/aromatic N) is 2. The summed E-state index contributed by atoms with van der Waals surface area (Å²) in [5, 5.41) is 7.98. The van der Waals surface area contributed by atoms with Gasteiger partial charge in [0.05, 0.1) is 10.6 Å². The van der Waals surface area contributed by atoms with Crippen molar-refractivity contribution in [1.29, 1.82) is 0 Å². The molecule has 0 aliphatic rings. The zero-order valence-electron chi connectivity index (χ0n) is 15.2. The summed E-state index contributed by atoms with van der Waals surface area (Å²) in [6.45, 7) is 5.85. The monoisotopic (exact) mass is 403 g/mol. The van der Waals surface area contributed by atoms with Gasteiger partial charge in [-0.05, 0) is 36.6 Å². The lowest BCUT2D eigenvalue weighted by Crippen LogP contribution is -2.32. The molecule has 0 aliphatic heterocycles. The van der Waals surface area contributed by atoms with Crippen LogP contribution in [0.5, 0.6) is 0 Å². The fraction of sp³-hybridized carbons (Fsp3) is 0.250. The summed E-state index contributed by atoms with van der Waals surface area (Å²) in [4.78, 5) is 17.1. The van der Waals surface area contributed by atoms with E-state index in [2.05, 4.69) is 15.5 Å². The first-order chi connectivity index (χ1) is 12.9. The number of aromatic nitrogens is 2. The van der Waals surface area contributed by atoms with Crippen molar-refractivity contribution in [2.75, 3.05) is 0 Å². The summed E-state index contributed by atoms with van der Waals surface area (Å²) in [7, 11) is 0. The highest BCUT2D eigenvalue weighted by atomic mass is 35.5. The van der Waals surface area contributed by atoms with Gasteiger partial charge >= 0.3 is 0 Å². The van der Waals surface area contributed by atoms with E-state index in [-0.39, 0.29) is 11.8 Å². The van der Waals surface area contributed by atoms with E-state index in [1.165, 1.54) is 0 Å². The fourth-order valence-electron chi connectivity index (χ4n) is 2.59. The summed E-state index contributed by atoms with van der Waals surface area (Å²) < 4.78 is 5.43. The van der Waals surface area contributed by atoms with Gasteiger partial charge in [-0.15, -0.1) is 0 Å². The van der Waals surface area contributed by atoms with E-state index in [1.54, 1.807) is 30.3 Å². The van der Waals surface area contributed by atoms with Crippen molar-refractivity contribution in [1.82, 2.24) is 15.5 Å². The number of carbonyl (C=O) groups excluding carboxylic acids is 1. The molecule has 0 bridgehead atoms. The molecule has 0 fully saturated rings. The molecule has 7 heteroatoms. The Bertz CT molecular complexity index is 969. The molecule has 0 radical (unpaired) electrons. The molecule has 27 heavy (non-hydrogen) atoms. The normalized spacial score (nSPS) is 12.2. The van der Waals surface area contributed by atoms with Gasteiger partial charge < -0.3 is 9.84 Å². The van der Waals surface area contributed by atoms with E-state index in [9.17, 15) is 4.79 Å². The summed E-state index contributed by atoms with van der Waals surface area (Å²) in [6.07, 6.45) is 0. The average Bonchev–Trinajstić information content (AvgIpc) is 3.11. The Hall–Kier alpha value is -2.37. The number of aryl methyl sites for hydroxylation is 1. The number of benzene rings is 2. The van der Waals surface area contributed by atoms with E-state index in [1.807, 2.05) is 32.9 Å². The first-order valence-electron chi connectivity index (χ1n) is 8.52. The largest absolute Gasteiger partial charge is 0.340 e. The second-order valence-corrected chi connectivity index (χ2v) is 7.41. The van der Waals surface area contributed by atoms with E-state index < -0.39 is 6.04 Å². The van der Waals surface area contributed by atoms with Gasteiger partial charge in [-0.25, -0.2) is 0 Å². The van der Waals surface area contributed by atoms with Gasteiger partial charge in [0.15, 0.2) is 0 Å². The van der Waals surface area contributed by atoms with Crippen LogP contribution in [0.2, 0.25) is 10.0 Å². The Balaban J connectivity index is 1.86. The summed E-state index contributed by atoms with van der Waals surface area (Å²) >= 11 is 12.3. The maximum absolute atomic E-state index is 12.6. The number of nitrogens with one attached hydrogen (secondary N) is 1. The molecule has 1 atom stereocenters. The van der Waals surface area contributed by atoms with Crippen molar-refractivity contribution < 1.29 is 9.32 Å². The summed E-state index contributed by atoms with van der Waals surface area (Å²) in [5.74, 6) is 0.491. The van der Waals surface area contributed by atoms with Gasteiger partial charge in [-0.3, -0.25) is 4.79 Å². The molecule has 1 amide bonds. The van der Waals surface area contributed by atoms with Gasteiger partial charge in [0.2, 0.25) is 11.7 Å². The van der Waals surface area contributed by atoms with Crippen molar-refractivity contribution in [3.8, 4) is 11.4 Å². The molecule has 5 nitrogen and oxygen atoms in total. The van der Waals surface area contributed by atoms with E-state index in [0.717, 1.165) is 11.1 Å². The molecule has 0 saturated carbocycles. The van der Waals surface area contributed by atoms with Crippen molar-refractivity contribution >= 4 is 29.1 Å². The highest BCUT2D eigenvalue weighted by Gasteiger charge is 2.26. The summed E-state index contributed by atoms with van der Waals surface area (Å²) in [6, 6.07) is 12.0. The Morgan fingerprint density at radius 1 is 1.11 bits per heavy atom. The predicted molar refractivity (Wildman–Crippen MR) is 106 cm³/mol. The summed E-state index contributed by atoms with van der Waals surface area (Å²) in [5.41, 5.74) is 2.12. The first-order valence-corrected chi connectivity index (χ1v) is 9.28. The van der Waals surface area contributed by atoms with Crippen LogP contribution >= 0.6 is 23.2 Å². The molecule has 1 aromatic heterocycles. The second-order valence-electron chi connectivity index (χ2n) is 6.60. The lowest BCUT2D eigenvalue weighted by atomic mass is 10.0. The van der Waals surface area contributed by atoms with Gasteiger partial charge in [0.1, 0.15) is 6.04 Å². The van der Waals surface area contributed by atoms with Crippen LogP contribution in [0, 0.1) is 12.8 Å². The molecular formula is C20H19Cl2N3O2. The lowest BCUT2D eigenvalue weighted by molar-refractivity contribution is 0.0914. The van der Waals surface area contributed by atoms with Crippen LogP contribution in [0.4, 0.5) is 0 Å². The zero-order valence-corrected chi connectivity index (χ0v) is 16.7. The fourth-order valence-corrected chi connectivity index (χ4v) is 2.99. The number of halogens is 2. The van der Waals surface area contributed by atoms with Crippen molar-refractivity contribution in [2.45, 2.75) is 26.8 Å². The third-order valence-electron chi connectivity index (χ3n) is 4.21. The third-order valence-corrected chi connectivity index (χ3v) is 4.95. The Kier molecular flexibility index (Phi) is 5.82. The maximum Gasteiger partial charge on any atom is 0.253 e. The van der Waals surface area contributed by atoms with E-state index in [0.29, 0.717) is 27.3 Å². The molecule has 3 aromatic rings. The molecule has 0 unspecified atom stereocenters. The SMILES string of the molecule is Cc1ccc(-c2noc([C@@H](NC(=O)c3ccccc3Cl)C(C)C)n2)cc1Cl. The molecule has 1 N–H and O–H groups in total. The quantitative estimate of drug-likeness (QED) is 0.612. The minimum atomic E-state index is -0.448. The molecule has 140 valence electrons. The molecule has 0 spiro atoms. The van der Waals surface area contributed by atoms with E-state index in [4.69, 9.17) is 27.7 Å². The Morgan fingerprint density at radius 2 is 1.85 bits per heavy atom. The maximum atomic E-state index is 12.6. The zero-order chi connectivity index (χ0) is 19.6. The number of amides is 1. The van der Waals surface area contributed by atoms with Crippen LogP contribution in [0.1, 0.15) is 41.7 Å². The van der Waals surface area contributed by atoms with Gasteiger partial charge in [-0.2, -0.15) is 4.98 Å². The predicted octanol–water partition coefficient (Wildman–Crippen LogP) is 5.48. The van der Waals surface area contributed by atoms with Gasteiger partial charge in [0, 0.05) is 10.6 Å². The van der Waals surface area contributed by atoms with Crippen LogP contribution < -0.4 is 5.32 Å². The molecule has 1 heterocycles. The molecule has 3 rings (SSSR count). The minimum absolute atomic E-state index is 0.0337. The van der Waals surface area contributed by atoms with Crippen LogP contribution in [0.15, 0.2) is 47.0 Å². The number of hydrogen-bond donors (Lipinski definition) is 1. The molecule has 2 aromatic carbocycles. The van der Waals surface area contributed by atoms with Crippen LogP contribution in [0.25, 0.3) is 11.4 Å². The molecule has 0 aliphatic carbocycles. The van der Waals surface area contributed by atoms with Crippen molar-refractivity contribution in [2.24, 2.45) is 5.92 Å². The molecule has 0 saturated heterocycles. The average molecular weight is 404 g/mol. The number of hydrogen-bond acceptors (Lipinski definition) is 4. The van der Waals surface area contributed by atoms with Gasteiger partial charge in [-0.1, -0.05) is 66.5 Å². The topological polar surface area (TPSA) is 68.0 Å². The van der Waals surface area contributed by atoms with Crippen molar-refractivity contribution in [3.05, 3.63) is 69.5 Å². The van der Waals surface area contributed by atoms with Crippen LogP contribution in [-0.2, 0) is 0 Å². The Morgan fingerprint density at radius 3 is 2.52 bits per heavy atom. The highest BCUT2D eigenvalue weighted by molar-refractivity contribution is 6.33.